The Hall–Kier alpha value is -1.17. The van der Waals surface area contributed by atoms with Crippen LogP contribution < -0.4 is 5.73 Å². The highest BCUT2D eigenvalue weighted by molar-refractivity contribution is 7.22. The average Bonchev–Trinajstić information content (AvgIpc) is 2.81. The number of aromatic nitrogens is 1. The smallest absolute Gasteiger partial charge is 0.181 e. The summed E-state index contributed by atoms with van der Waals surface area (Å²) in [6.07, 6.45) is 1.14. The minimum absolute atomic E-state index is 0.548. The molecule has 2 aromatic rings. The Morgan fingerprint density at radius 3 is 2.95 bits per heavy atom. The molecule has 0 saturated heterocycles. The summed E-state index contributed by atoms with van der Waals surface area (Å²) in [6.45, 7) is 7.14. The van der Waals surface area contributed by atoms with Crippen LogP contribution in [0.15, 0.2) is 18.2 Å². The fourth-order valence-electron chi connectivity index (χ4n) is 2.24. The summed E-state index contributed by atoms with van der Waals surface area (Å²) >= 11 is 1.55. The number of fused-ring (bicyclic) bond motifs is 1. The van der Waals surface area contributed by atoms with E-state index in [1.807, 2.05) is 0 Å². The fraction of sp³-hybridized carbons (Fsp3) is 0.533. The molecule has 2 rings (SSSR count). The molecule has 4 nitrogen and oxygen atoms in total. The predicted molar refractivity (Wildman–Crippen MR) is 86.1 cm³/mol. The van der Waals surface area contributed by atoms with Crippen LogP contribution in [0.2, 0.25) is 0 Å². The lowest BCUT2D eigenvalue weighted by molar-refractivity contribution is 0.118. The highest BCUT2D eigenvalue weighted by atomic mass is 32.1. The van der Waals surface area contributed by atoms with Crippen molar-refractivity contribution in [3.63, 3.8) is 0 Å². The van der Waals surface area contributed by atoms with Crippen LogP contribution in [-0.2, 0) is 11.3 Å². The number of nitrogen functional groups attached to an aromatic ring is 1. The highest BCUT2D eigenvalue weighted by Gasteiger charge is 2.13. The van der Waals surface area contributed by atoms with E-state index in [0.29, 0.717) is 11.2 Å². The van der Waals surface area contributed by atoms with Crippen molar-refractivity contribution in [3.05, 3.63) is 23.8 Å². The highest BCUT2D eigenvalue weighted by Crippen LogP contribution is 2.25. The quantitative estimate of drug-likeness (QED) is 0.852. The molecule has 1 aromatic carbocycles. The van der Waals surface area contributed by atoms with Gasteiger partial charge in [0.25, 0.3) is 0 Å². The molecule has 1 aromatic heterocycles. The van der Waals surface area contributed by atoms with Gasteiger partial charge in [-0.05, 0) is 31.0 Å². The molecule has 0 bridgehead atoms. The molecule has 0 radical (unpaired) electrons. The molecule has 0 spiro atoms. The summed E-state index contributed by atoms with van der Waals surface area (Å²) in [4.78, 5) is 6.75. The Kier molecular flexibility index (Phi) is 5.34. The van der Waals surface area contributed by atoms with Gasteiger partial charge in [0.05, 0.1) is 16.8 Å². The average molecular weight is 293 g/mol. The number of benzene rings is 1. The Morgan fingerprint density at radius 2 is 2.25 bits per heavy atom. The van der Waals surface area contributed by atoms with Crippen molar-refractivity contribution in [3.8, 4) is 0 Å². The van der Waals surface area contributed by atoms with Crippen LogP contribution in [-0.4, -0.2) is 36.2 Å². The van der Waals surface area contributed by atoms with E-state index >= 15 is 0 Å². The van der Waals surface area contributed by atoms with Crippen LogP contribution in [0.4, 0.5) is 5.13 Å². The van der Waals surface area contributed by atoms with Crippen molar-refractivity contribution in [2.45, 2.75) is 32.9 Å². The summed E-state index contributed by atoms with van der Waals surface area (Å²) < 4.78 is 6.37. The molecule has 1 heterocycles. The van der Waals surface area contributed by atoms with Crippen LogP contribution >= 0.6 is 11.3 Å². The van der Waals surface area contributed by atoms with E-state index in [2.05, 4.69) is 41.9 Å². The number of rotatable bonds is 7. The van der Waals surface area contributed by atoms with Gasteiger partial charge in [-0.25, -0.2) is 4.98 Å². The zero-order valence-corrected chi connectivity index (χ0v) is 13.2. The minimum Gasteiger partial charge on any atom is -0.383 e. The number of nitrogens with two attached hydrogens (primary N) is 1. The van der Waals surface area contributed by atoms with Gasteiger partial charge in [-0.15, -0.1) is 0 Å². The number of hydrogen-bond donors (Lipinski definition) is 1. The maximum Gasteiger partial charge on any atom is 0.181 e. The van der Waals surface area contributed by atoms with Gasteiger partial charge in [-0.3, -0.25) is 4.90 Å². The Balaban J connectivity index is 2.14. The number of hydrogen-bond acceptors (Lipinski definition) is 5. The monoisotopic (exact) mass is 293 g/mol. The first-order valence-electron chi connectivity index (χ1n) is 7.02. The van der Waals surface area contributed by atoms with Crippen LogP contribution in [0.3, 0.4) is 0 Å². The second kappa shape index (κ2) is 7.02. The van der Waals surface area contributed by atoms with Gasteiger partial charge in [0.15, 0.2) is 5.13 Å². The fourth-order valence-corrected chi connectivity index (χ4v) is 3.04. The molecule has 20 heavy (non-hydrogen) atoms. The summed E-state index contributed by atoms with van der Waals surface area (Å²) in [7, 11) is 1.75. The SMILES string of the molecule is CCC(C)N(CCOC)Cc1ccc2nc(N)sc2c1. The van der Waals surface area contributed by atoms with Crippen LogP contribution in [0.1, 0.15) is 25.8 Å². The Morgan fingerprint density at radius 1 is 1.45 bits per heavy atom. The van der Waals surface area contributed by atoms with Gasteiger partial charge in [-0.1, -0.05) is 24.3 Å². The van der Waals surface area contributed by atoms with Gasteiger partial charge < -0.3 is 10.5 Å². The lowest BCUT2D eigenvalue weighted by Gasteiger charge is -2.28. The molecular formula is C15H23N3OS. The molecule has 110 valence electrons. The zero-order chi connectivity index (χ0) is 14.5. The molecule has 0 fully saturated rings. The maximum absolute atomic E-state index is 5.76. The normalized spacial score (nSPS) is 13.2. The molecule has 5 heteroatoms. The third-order valence-corrected chi connectivity index (χ3v) is 4.50. The topological polar surface area (TPSA) is 51.4 Å². The van der Waals surface area contributed by atoms with E-state index in [9.17, 15) is 0 Å². The Labute approximate surface area is 124 Å². The number of ether oxygens (including phenoxy) is 1. The molecule has 1 unspecified atom stereocenters. The number of methoxy groups -OCH3 is 1. The lowest BCUT2D eigenvalue weighted by atomic mass is 10.1. The molecule has 0 saturated carbocycles. The van der Waals surface area contributed by atoms with Gasteiger partial charge in [0, 0.05) is 26.2 Å². The third-order valence-electron chi connectivity index (χ3n) is 3.65. The predicted octanol–water partition coefficient (Wildman–Crippen LogP) is 3.13. The van der Waals surface area contributed by atoms with Crippen LogP contribution in [0, 0.1) is 0 Å². The second-order valence-corrected chi connectivity index (χ2v) is 6.14. The van der Waals surface area contributed by atoms with E-state index < -0.39 is 0 Å². The van der Waals surface area contributed by atoms with Crippen molar-refractivity contribution >= 4 is 26.7 Å². The van der Waals surface area contributed by atoms with Crippen molar-refractivity contribution < 1.29 is 4.74 Å². The number of thiazole rings is 1. The van der Waals surface area contributed by atoms with E-state index in [0.717, 1.165) is 36.3 Å². The first kappa shape index (κ1) is 15.2. The number of nitrogens with zero attached hydrogens (tertiary/aromatic N) is 2. The second-order valence-electron chi connectivity index (χ2n) is 5.07. The van der Waals surface area contributed by atoms with E-state index in [-0.39, 0.29) is 0 Å². The molecular weight excluding hydrogens is 270 g/mol. The molecule has 0 aliphatic carbocycles. The maximum atomic E-state index is 5.76. The summed E-state index contributed by atoms with van der Waals surface area (Å²) in [5.74, 6) is 0. The largest absolute Gasteiger partial charge is 0.383 e. The van der Waals surface area contributed by atoms with Crippen LogP contribution in [0.25, 0.3) is 10.2 Å². The molecule has 0 aliphatic heterocycles. The van der Waals surface area contributed by atoms with E-state index in [1.54, 1.807) is 18.4 Å². The minimum atomic E-state index is 0.548. The van der Waals surface area contributed by atoms with Crippen molar-refractivity contribution in [2.75, 3.05) is 26.0 Å². The third kappa shape index (κ3) is 3.69. The van der Waals surface area contributed by atoms with Crippen LogP contribution in [0.5, 0.6) is 0 Å². The molecule has 1 atom stereocenters. The molecule has 2 N–H and O–H groups in total. The van der Waals surface area contributed by atoms with Gasteiger partial charge in [0.2, 0.25) is 0 Å². The summed E-state index contributed by atoms with van der Waals surface area (Å²) in [6, 6.07) is 6.95. The lowest BCUT2D eigenvalue weighted by Crippen LogP contribution is -2.34. The van der Waals surface area contributed by atoms with Crippen molar-refractivity contribution in [2.24, 2.45) is 0 Å². The Bertz CT molecular complexity index is 555. The van der Waals surface area contributed by atoms with Crippen molar-refractivity contribution in [1.82, 2.24) is 9.88 Å². The standard InChI is InChI=1S/C15H23N3OS/c1-4-11(2)18(7-8-19-3)10-12-5-6-13-14(9-12)20-15(16)17-13/h5-6,9,11H,4,7-8,10H2,1-3H3,(H2,16,17). The van der Waals surface area contributed by atoms with E-state index in [4.69, 9.17) is 10.5 Å². The van der Waals surface area contributed by atoms with Crippen molar-refractivity contribution in [1.29, 1.82) is 0 Å². The molecule has 0 aliphatic rings. The van der Waals surface area contributed by atoms with Gasteiger partial charge in [0.1, 0.15) is 0 Å². The summed E-state index contributed by atoms with van der Waals surface area (Å²) in [5, 5.41) is 0.635. The molecule has 0 amide bonds. The first-order chi connectivity index (χ1) is 9.63. The summed E-state index contributed by atoms with van der Waals surface area (Å²) in [5.41, 5.74) is 8.05. The van der Waals surface area contributed by atoms with Gasteiger partial charge in [-0.2, -0.15) is 0 Å². The van der Waals surface area contributed by atoms with Gasteiger partial charge >= 0.3 is 0 Å². The zero-order valence-electron chi connectivity index (χ0n) is 12.4. The first-order valence-corrected chi connectivity index (χ1v) is 7.83. The number of anilines is 1. The van der Waals surface area contributed by atoms with E-state index in [1.165, 1.54) is 5.56 Å².